The van der Waals surface area contributed by atoms with Gasteiger partial charge in [0, 0.05) is 18.7 Å². The Morgan fingerprint density at radius 3 is 2.74 bits per heavy atom. The van der Waals surface area contributed by atoms with E-state index in [0.29, 0.717) is 13.1 Å². The highest BCUT2D eigenvalue weighted by atomic mass is 16.2. The molecule has 0 aliphatic rings. The number of carbonyl (C=O) groups is 2. The molecule has 0 spiro atoms. The van der Waals surface area contributed by atoms with Gasteiger partial charge >= 0.3 is 0 Å². The van der Waals surface area contributed by atoms with E-state index in [2.05, 4.69) is 15.7 Å². The summed E-state index contributed by atoms with van der Waals surface area (Å²) in [7, 11) is 0. The number of aryl methyl sites for hydroxylation is 1. The number of hydrogen-bond acceptors (Lipinski definition) is 3. The maximum absolute atomic E-state index is 11.5. The molecule has 106 valence electrons. The lowest BCUT2D eigenvalue weighted by Crippen LogP contribution is -2.39. The Labute approximate surface area is 113 Å². The van der Waals surface area contributed by atoms with Gasteiger partial charge in [-0.05, 0) is 18.9 Å². The minimum atomic E-state index is -0.180. The van der Waals surface area contributed by atoms with Crippen molar-refractivity contribution in [1.29, 1.82) is 0 Å². The standard InChI is InChI=1S/C13H22N4O2/c1-4-11(3)13(19)15-8-12(18)14-5-6-17-9-10(2)7-16-17/h7,9,11H,4-6,8H2,1-3H3,(H,14,18)(H,15,19). The molecule has 0 aliphatic carbocycles. The van der Waals surface area contributed by atoms with Crippen LogP contribution in [0.25, 0.3) is 0 Å². The summed E-state index contributed by atoms with van der Waals surface area (Å²) in [4.78, 5) is 23.0. The van der Waals surface area contributed by atoms with Crippen LogP contribution in [0.4, 0.5) is 0 Å². The SMILES string of the molecule is CCC(C)C(=O)NCC(=O)NCCn1cc(C)cn1. The van der Waals surface area contributed by atoms with Crippen LogP contribution < -0.4 is 10.6 Å². The van der Waals surface area contributed by atoms with Crippen LogP contribution in [0.15, 0.2) is 12.4 Å². The lowest BCUT2D eigenvalue weighted by molar-refractivity contribution is -0.128. The van der Waals surface area contributed by atoms with Gasteiger partial charge in [-0.15, -0.1) is 0 Å². The van der Waals surface area contributed by atoms with E-state index in [1.54, 1.807) is 10.9 Å². The Bertz CT molecular complexity index is 428. The third-order valence-electron chi connectivity index (χ3n) is 2.91. The van der Waals surface area contributed by atoms with Crippen LogP contribution >= 0.6 is 0 Å². The minimum absolute atomic E-state index is 0.0291. The number of rotatable bonds is 7. The van der Waals surface area contributed by atoms with Crippen LogP contribution in [0.1, 0.15) is 25.8 Å². The predicted octanol–water partition coefficient (Wildman–Crippen LogP) is 0.470. The van der Waals surface area contributed by atoms with Gasteiger partial charge in [0.05, 0.1) is 19.3 Å². The van der Waals surface area contributed by atoms with Gasteiger partial charge < -0.3 is 10.6 Å². The first kappa shape index (κ1) is 15.2. The van der Waals surface area contributed by atoms with Crippen molar-refractivity contribution < 1.29 is 9.59 Å². The lowest BCUT2D eigenvalue weighted by atomic mass is 10.1. The van der Waals surface area contributed by atoms with Gasteiger partial charge in [-0.25, -0.2) is 0 Å². The molecule has 1 rings (SSSR count). The number of nitrogens with one attached hydrogen (secondary N) is 2. The van der Waals surface area contributed by atoms with E-state index in [1.165, 1.54) is 0 Å². The van der Waals surface area contributed by atoms with Crippen molar-refractivity contribution in [3.63, 3.8) is 0 Å². The molecule has 0 radical (unpaired) electrons. The number of amides is 2. The number of hydrogen-bond donors (Lipinski definition) is 2. The van der Waals surface area contributed by atoms with E-state index in [4.69, 9.17) is 0 Å². The fraction of sp³-hybridized carbons (Fsp3) is 0.615. The largest absolute Gasteiger partial charge is 0.353 e. The number of aromatic nitrogens is 2. The summed E-state index contributed by atoms with van der Waals surface area (Å²) in [6, 6.07) is 0. The van der Waals surface area contributed by atoms with E-state index in [-0.39, 0.29) is 24.3 Å². The van der Waals surface area contributed by atoms with Crippen LogP contribution in [-0.2, 0) is 16.1 Å². The highest BCUT2D eigenvalue weighted by molar-refractivity contribution is 5.85. The summed E-state index contributed by atoms with van der Waals surface area (Å²) in [5.74, 6) is -0.319. The predicted molar refractivity (Wildman–Crippen MR) is 72.4 cm³/mol. The van der Waals surface area contributed by atoms with Crippen LogP contribution in [0, 0.1) is 12.8 Å². The first-order valence-electron chi connectivity index (χ1n) is 6.56. The van der Waals surface area contributed by atoms with E-state index >= 15 is 0 Å². The van der Waals surface area contributed by atoms with Crippen molar-refractivity contribution >= 4 is 11.8 Å². The average Bonchev–Trinajstić information content (AvgIpc) is 2.80. The molecule has 1 aromatic rings. The first-order chi connectivity index (χ1) is 9.02. The highest BCUT2D eigenvalue weighted by Crippen LogP contribution is 1.98. The molecule has 6 heteroatoms. The Kier molecular flexibility index (Phi) is 6.05. The van der Waals surface area contributed by atoms with Crippen molar-refractivity contribution in [2.24, 2.45) is 5.92 Å². The second-order valence-corrected chi connectivity index (χ2v) is 4.66. The molecule has 0 aliphatic heterocycles. The van der Waals surface area contributed by atoms with Crippen molar-refractivity contribution in [1.82, 2.24) is 20.4 Å². The molecule has 19 heavy (non-hydrogen) atoms. The van der Waals surface area contributed by atoms with E-state index < -0.39 is 0 Å². The fourth-order valence-electron chi connectivity index (χ4n) is 1.49. The maximum Gasteiger partial charge on any atom is 0.239 e. The van der Waals surface area contributed by atoms with Crippen molar-refractivity contribution in [3.8, 4) is 0 Å². The molecule has 6 nitrogen and oxygen atoms in total. The molecule has 1 atom stereocenters. The fourth-order valence-corrected chi connectivity index (χ4v) is 1.49. The van der Waals surface area contributed by atoms with Crippen molar-refractivity contribution in [3.05, 3.63) is 18.0 Å². The van der Waals surface area contributed by atoms with Gasteiger partial charge in [0.2, 0.25) is 11.8 Å². The van der Waals surface area contributed by atoms with Gasteiger partial charge in [-0.1, -0.05) is 13.8 Å². The zero-order chi connectivity index (χ0) is 14.3. The monoisotopic (exact) mass is 266 g/mol. The van der Waals surface area contributed by atoms with E-state index in [0.717, 1.165) is 12.0 Å². The summed E-state index contributed by atoms with van der Waals surface area (Å²) in [6.45, 7) is 6.90. The average molecular weight is 266 g/mol. The molecule has 2 N–H and O–H groups in total. The molecule has 0 aromatic carbocycles. The smallest absolute Gasteiger partial charge is 0.239 e. The van der Waals surface area contributed by atoms with Gasteiger partial charge in [-0.3, -0.25) is 14.3 Å². The third kappa shape index (κ3) is 5.54. The molecule has 1 heterocycles. The summed E-state index contributed by atoms with van der Waals surface area (Å²) in [5, 5.41) is 9.47. The van der Waals surface area contributed by atoms with Gasteiger partial charge in [0.1, 0.15) is 0 Å². The summed E-state index contributed by atoms with van der Waals surface area (Å²) in [6.07, 6.45) is 4.46. The van der Waals surface area contributed by atoms with Crippen LogP contribution in [0.2, 0.25) is 0 Å². The van der Waals surface area contributed by atoms with Crippen molar-refractivity contribution in [2.75, 3.05) is 13.1 Å². The Hall–Kier alpha value is -1.85. The third-order valence-corrected chi connectivity index (χ3v) is 2.91. The summed E-state index contributed by atoms with van der Waals surface area (Å²) in [5.41, 5.74) is 1.09. The molecule has 1 aromatic heterocycles. The Balaban J connectivity index is 2.16. The second-order valence-electron chi connectivity index (χ2n) is 4.66. The quantitative estimate of drug-likeness (QED) is 0.753. The molecule has 0 bridgehead atoms. The zero-order valence-corrected chi connectivity index (χ0v) is 11.8. The number of carbonyl (C=O) groups excluding carboxylic acids is 2. The van der Waals surface area contributed by atoms with Crippen LogP contribution in [0.3, 0.4) is 0 Å². The van der Waals surface area contributed by atoms with Crippen LogP contribution in [0.5, 0.6) is 0 Å². The molecule has 0 saturated heterocycles. The Morgan fingerprint density at radius 1 is 1.42 bits per heavy atom. The van der Waals surface area contributed by atoms with Gasteiger partial charge in [0.15, 0.2) is 0 Å². The van der Waals surface area contributed by atoms with Gasteiger partial charge in [-0.2, -0.15) is 5.10 Å². The van der Waals surface area contributed by atoms with Crippen LogP contribution in [-0.4, -0.2) is 34.7 Å². The first-order valence-corrected chi connectivity index (χ1v) is 6.56. The van der Waals surface area contributed by atoms with E-state index in [9.17, 15) is 9.59 Å². The lowest BCUT2D eigenvalue weighted by Gasteiger charge is -2.10. The summed E-state index contributed by atoms with van der Waals surface area (Å²) < 4.78 is 1.77. The second kappa shape index (κ2) is 7.56. The van der Waals surface area contributed by atoms with Crippen molar-refractivity contribution in [2.45, 2.75) is 33.7 Å². The maximum atomic E-state index is 11.5. The molecule has 2 amide bonds. The molecule has 0 saturated carbocycles. The zero-order valence-electron chi connectivity index (χ0n) is 11.8. The Morgan fingerprint density at radius 2 is 2.16 bits per heavy atom. The molecular weight excluding hydrogens is 244 g/mol. The van der Waals surface area contributed by atoms with E-state index in [1.807, 2.05) is 27.0 Å². The normalized spacial score (nSPS) is 11.9. The van der Waals surface area contributed by atoms with Gasteiger partial charge in [0.25, 0.3) is 0 Å². The molecular formula is C13H22N4O2. The number of nitrogens with zero attached hydrogens (tertiary/aromatic N) is 2. The topological polar surface area (TPSA) is 76.0 Å². The highest BCUT2D eigenvalue weighted by Gasteiger charge is 2.11. The minimum Gasteiger partial charge on any atom is -0.353 e. The molecule has 1 unspecified atom stereocenters. The molecule has 0 fully saturated rings. The summed E-state index contributed by atoms with van der Waals surface area (Å²) >= 11 is 0.